The Balaban J connectivity index is 1.49. The fraction of sp³-hybridized carbons (Fsp3) is 0.364. The number of nitrogens with zero attached hydrogens (tertiary/aromatic N) is 1. The Morgan fingerprint density at radius 3 is 2.32 bits per heavy atom. The maximum absolute atomic E-state index is 12.3. The third kappa shape index (κ3) is 5.52. The number of benzene rings is 2. The number of aryl methyl sites for hydroxylation is 2. The van der Waals surface area contributed by atoms with E-state index in [9.17, 15) is 9.59 Å². The van der Waals surface area contributed by atoms with Crippen molar-refractivity contribution < 1.29 is 14.3 Å². The van der Waals surface area contributed by atoms with Crippen LogP contribution in [0.4, 0.5) is 5.69 Å². The zero-order chi connectivity index (χ0) is 19.9. The molecule has 0 aliphatic carbocycles. The molecule has 28 heavy (non-hydrogen) atoms. The molecule has 5 nitrogen and oxygen atoms in total. The highest BCUT2D eigenvalue weighted by atomic mass is 32.2. The van der Waals surface area contributed by atoms with Crippen LogP contribution in [0.3, 0.4) is 0 Å². The highest BCUT2D eigenvalue weighted by Crippen LogP contribution is 2.22. The molecule has 1 N–H and O–H groups in total. The lowest BCUT2D eigenvalue weighted by atomic mass is 10.1. The van der Waals surface area contributed by atoms with E-state index in [1.807, 2.05) is 73.0 Å². The summed E-state index contributed by atoms with van der Waals surface area (Å²) >= 11 is 1.89. The minimum absolute atomic E-state index is 0.0428. The summed E-state index contributed by atoms with van der Waals surface area (Å²) < 4.78 is 5.68. The van der Waals surface area contributed by atoms with E-state index in [0.717, 1.165) is 47.0 Å². The topological polar surface area (TPSA) is 58.6 Å². The van der Waals surface area contributed by atoms with Crippen molar-refractivity contribution in [3.05, 3.63) is 59.2 Å². The summed E-state index contributed by atoms with van der Waals surface area (Å²) in [5.74, 6) is 2.74. The van der Waals surface area contributed by atoms with Gasteiger partial charge in [0.1, 0.15) is 5.75 Å². The first-order valence-corrected chi connectivity index (χ1v) is 10.6. The molecule has 2 aromatic rings. The summed E-state index contributed by atoms with van der Waals surface area (Å²) in [6.07, 6.45) is 0.397. The summed E-state index contributed by atoms with van der Waals surface area (Å²) in [5.41, 5.74) is 3.66. The van der Waals surface area contributed by atoms with Crippen LogP contribution in [0.1, 0.15) is 16.7 Å². The fourth-order valence-corrected chi connectivity index (χ4v) is 4.07. The molecule has 1 aliphatic heterocycles. The number of thioether (sulfide) groups is 1. The normalized spacial score (nSPS) is 13.9. The Morgan fingerprint density at radius 1 is 1.04 bits per heavy atom. The molecule has 2 amide bonds. The van der Waals surface area contributed by atoms with Gasteiger partial charge in [0.25, 0.3) is 5.91 Å². The van der Waals surface area contributed by atoms with Crippen molar-refractivity contribution in [3.8, 4) is 5.75 Å². The lowest BCUT2D eigenvalue weighted by Gasteiger charge is -2.26. The minimum atomic E-state index is -0.211. The van der Waals surface area contributed by atoms with Gasteiger partial charge in [0.15, 0.2) is 6.61 Å². The number of nitrogens with one attached hydrogen (secondary N) is 1. The van der Waals surface area contributed by atoms with E-state index < -0.39 is 0 Å². The number of ether oxygens (including phenoxy) is 1. The van der Waals surface area contributed by atoms with Crippen molar-refractivity contribution in [3.63, 3.8) is 0 Å². The molecule has 1 fully saturated rings. The van der Waals surface area contributed by atoms with E-state index in [1.165, 1.54) is 0 Å². The van der Waals surface area contributed by atoms with Crippen LogP contribution in [0.2, 0.25) is 0 Å². The second-order valence-corrected chi connectivity index (χ2v) is 8.15. The average molecular weight is 399 g/mol. The smallest absolute Gasteiger partial charge is 0.262 e. The molecule has 6 heteroatoms. The standard InChI is InChI=1S/C22H26N2O3S/c1-16-4-3-5-17(2)22(16)27-15-20(25)23-19-8-6-18(7-9-19)14-21(26)24-10-12-28-13-11-24/h3-9H,10-15H2,1-2H3,(H,23,25). The van der Waals surface area contributed by atoms with E-state index in [2.05, 4.69) is 5.32 Å². The van der Waals surface area contributed by atoms with E-state index in [4.69, 9.17) is 4.74 Å². The second-order valence-electron chi connectivity index (χ2n) is 6.92. The monoisotopic (exact) mass is 398 g/mol. The first-order chi connectivity index (χ1) is 13.5. The Labute approximate surface area is 170 Å². The summed E-state index contributed by atoms with van der Waals surface area (Å²) in [4.78, 5) is 26.4. The zero-order valence-corrected chi connectivity index (χ0v) is 17.2. The van der Waals surface area contributed by atoms with Gasteiger partial charge in [0.05, 0.1) is 6.42 Å². The molecule has 0 unspecified atom stereocenters. The molecule has 3 rings (SSSR count). The number of hydrogen-bond acceptors (Lipinski definition) is 4. The molecular weight excluding hydrogens is 372 g/mol. The maximum Gasteiger partial charge on any atom is 0.262 e. The van der Waals surface area contributed by atoms with Crippen LogP contribution in [-0.4, -0.2) is 47.9 Å². The molecule has 148 valence electrons. The van der Waals surface area contributed by atoms with Crippen LogP contribution >= 0.6 is 11.8 Å². The van der Waals surface area contributed by atoms with Crippen molar-refractivity contribution in [2.24, 2.45) is 0 Å². The molecule has 0 spiro atoms. The fourth-order valence-electron chi connectivity index (χ4n) is 3.17. The average Bonchev–Trinajstić information content (AvgIpc) is 2.70. The highest BCUT2D eigenvalue weighted by molar-refractivity contribution is 7.99. The van der Waals surface area contributed by atoms with Gasteiger partial charge in [-0.05, 0) is 42.7 Å². The molecule has 0 aromatic heterocycles. The first kappa shape index (κ1) is 20.3. The molecule has 1 aliphatic rings. The molecule has 1 saturated heterocycles. The lowest BCUT2D eigenvalue weighted by molar-refractivity contribution is -0.130. The molecule has 0 radical (unpaired) electrons. The number of para-hydroxylation sites is 1. The Morgan fingerprint density at radius 2 is 1.68 bits per heavy atom. The SMILES string of the molecule is Cc1cccc(C)c1OCC(=O)Nc1ccc(CC(=O)N2CCSCC2)cc1. The summed E-state index contributed by atoms with van der Waals surface area (Å²) in [6, 6.07) is 13.3. The second kappa shape index (κ2) is 9.64. The molecule has 0 saturated carbocycles. The van der Waals surface area contributed by atoms with Crippen molar-refractivity contribution in [1.82, 2.24) is 4.90 Å². The van der Waals surface area contributed by atoms with E-state index in [1.54, 1.807) is 0 Å². The predicted octanol–water partition coefficient (Wildman–Crippen LogP) is 3.44. The van der Waals surface area contributed by atoms with E-state index in [-0.39, 0.29) is 18.4 Å². The third-order valence-corrected chi connectivity index (χ3v) is 5.66. The Kier molecular flexibility index (Phi) is 6.98. The van der Waals surface area contributed by atoms with Crippen molar-refractivity contribution in [2.45, 2.75) is 20.3 Å². The zero-order valence-electron chi connectivity index (χ0n) is 16.4. The summed E-state index contributed by atoms with van der Waals surface area (Å²) in [5, 5.41) is 2.83. The third-order valence-electron chi connectivity index (χ3n) is 4.71. The molecule has 2 aromatic carbocycles. The lowest BCUT2D eigenvalue weighted by Crippen LogP contribution is -2.38. The van der Waals surface area contributed by atoms with Crippen molar-refractivity contribution in [1.29, 1.82) is 0 Å². The van der Waals surface area contributed by atoms with Crippen LogP contribution < -0.4 is 10.1 Å². The van der Waals surface area contributed by atoms with Crippen LogP contribution in [0, 0.1) is 13.8 Å². The van der Waals surface area contributed by atoms with Gasteiger partial charge in [-0.2, -0.15) is 11.8 Å². The summed E-state index contributed by atoms with van der Waals surface area (Å²) in [7, 11) is 0. The van der Waals surface area contributed by atoms with Gasteiger partial charge in [0, 0.05) is 30.3 Å². The molecule has 1 heterocycles. The van der Waals surface area contributed by atoms with Gasteiger partial charge in [-0.1, -0.05) is 30.3 Å². The summed E-state index contributed by atoms with van der Waals surface area (Å²) in [6.45, 7) is 5.54. The minimum Gasteiger partial charge on any atom is -0.483 e. The number of carbonyl (C=O) groups excluding carboxylic acids is 2. The van der Waals surface area contributed by atoms with Crippen LogP contribution in [0.15, 0.2) is 42.5 Å². The maximum atomic E-state index is 12.3. The number of rotatable bonds is 6. The predicted molar refractivity (Wildman–Crippen MR) is 114 cm³/mol. The number of anilines is 1. The van der Waals surface area contributed by atoms with Gasteiger partial charge in [-0.25, -0.2) is 0 Å². The van der Waals surface area contributed by atoms with Crippen LogP contribution in [0.5, 0.6) is 5.75 Å². The largest absolute Gasteiger partial charge is 0.483 e. The van der Waals surface area contributed by atoms with E-state index >= 15 is 0 Å². The number of carbonyl (C=O) groups is 2. The van der Waals surface area contributed by atoms with Crippen molar-refractivity contribution in [2.75, 3.05) is 36.5 Å². The van der Waals surface area contributed by atoms with Crippen LogP contribution in [0.25, 0.3) is 0 Å². The number of hydrogen-bond donors (Lipinski definition) is 1. The van der Waals surface area contributed by atoms with E-state index in [0.29, 0.717) is 12.1 Å². The molecule has 0 bridgehead atoms. The molecule has 0 atom stereocenters. The van der Waals surface area contributed by atoms with Gasteiger partial charge in [-0.3, -0.25) is 9.59 Å². The Hall–Kier alpha value is -2.47. The number of amides is 2. The molecular formula is C22H26N2O3S. The van der Waals surface area contributed by atoms with Crippen LogP contribution in [-0.2, 0) is 16.0 Å². The quantitative estimate of drug-likeness (QED) is 0.810. The Bertz CT molecular complexity index is 810. The van der Waals surface area contributed by atoms with Gasteiger partial charge >= 0.3 is 0 Å². The van der Waals surface area contributed by atoms with Gasteiger partial charge in [-0.15, -0.1) is 0 Å². The highest BCUT2D eigenvalue weighted by Gasteiger charge is 2.16. The van der Waals surface area contributed by atoms with Crippen molar-refractivity contribution >= 4 is 29.3 Å². The van der Waals surface area contributed by atoms with Gasteiger partial charge in [0.2, 0.25) is 5.91 Å². The first-order valence-electron chi connectivity index (χ1n) is 9.46. The van der Waals surface area contributed by atoms with Gasteiger partial charge < -0.3 is 15.0 Å².